The van der Waals surface area contributed by atoms with E-state index in [1.165, 1.54) is 16.0 Å². The van der Waals surface area contributed by atoms with Gasteiger partial charge in [-0.15, -0.1) is 11.3 Å². The number of benzene rings is 1. The molecule has 1 aliphatic rings. The van der Waals surface area contributed by atoms with Gasteiger partial charge in [0.2, 0.25) is 5.95 Å². The molecule has 1 N–H and O–H groups in total. The van der Waals surface area contributed by atoms with Crippen LogP contribution < -0.4 is 5.32 Å². The Hall–Kier alpha value is -2.14. The first-order chi connectivity index (χ1) is 11.2. The molecule has 1 aliphatic heterocycles. The summed E-state index contributed by atoms with van der Waals surface area (Å²) in [6.45, 7) is 4.45. The Labute approximate surface area is 140 Å². The Bertz CT molecular complexity index is 774. The summed E-state index contributed by atoms with van der Waals surface area (Å²) >= 11 is 1.78. The first kappa shape index (κ1) is 14.5. The van der Waals surface area contributed by atoms with Gasteiger partial charge in [-0.3, -0.25) is 0 Å². The van der Waals surface area contributed by atoms with E-state index < -0.39 is 0 Å². The molecule has 0 fully saturated rings. The molecule has 118 valence electrons. The summed E-state index contributed by atoms with van der Waals surface area (Å²) in [7, 11) is 0. The van der Waals surface area contributed by atoms with Crippen LogP contribution in [0, 0.1) is 0 Å². The molecule has 0 radical (unpaired) electrons. The summed E-state index contributed by atoms with van der Waals surface area (Å²) in [6, 6.07) is 13.8. The average molecular weight is 324 g/mol. The van der Waals surface area contributed by atoms with Gasteiger partial charge in [0.05, 0.1) is 12.1 Å². The summed E-state index contributed by atoms with van der Waals surface area (Å²) < 4.78 is 2.00. The highest BCUT2D eigenvalue weighted by atomic mass is 32.1. The number of anilines is 1. The number of fused-ring (bicyclic) bond motifs is 1. The van der Waals surface area contributed by atoms with Crippen LogP contribution in [-0.4, -0.2) is 14.8 Å². The standard InChI is InChI=1S/C18H20N4S/c1-12(2)13-5-7-14(8-6-13)15-10-16(17-4-3-9-23-17)22-18(21-15)19-11-20-22/h3-9,11-12,15-16H,10H2,1-2H3,(H,19,20,21)/t15-,16+/m1/s1. The molecule has 2 atom stereocenters. The molecule has 23 heavy (non-hydrogen) atoms. The molecule has 0 bridgehead atoms. The quantitative estimate of drug-likeness (QED) is 0.765. The Morgan fingerprint density at radius 1 is 1.22 bits per heavy atom. The van der Waals surface area contributed by atoms with Crippen LogP contribution in [0.5, 0.6) is 0 Å². The van der Waals surface area contributed by atoms with Crippen molar-refractivity contribution < 1.29 is 0 Å². The molecule has 0 saturated heterocycles. The van der Waals surface area contributed by atoms with Crippen molar-refractivity contribution in [3.05, 3.63) is 64.1 Å². The van der Waals surface area contributed by atoms with Crippen LogP contribution in [0.15, 0.2) is 48.1 Å². The molecule has 4 rings (SSSR count). The van der Waals surface area contributed by atoms with Gasteiger partial charge in [0, 0.05) is 4.88 Å². The van der Waals surface area contributed by atoms with Crippen molar-refractivity contribution >= 4 is 17.3 Å². The summed E-state index contributed by atoms with van der Waals surface area (Å²) in [5, 5.41) is 10.1. The zero-order chi connectivity index (χ0) is 15.8. The van der Waals surface area contributed by atoms with Crippen molar-refractivity contribution in [2.75, 3.05) is 5.32 Å². The molecule has 0 amide bonds. The number of nitrogens with zero attached hydrogens (tertiary/aromatic N) is 3. The fourth-order valence-corrected chi connectivity index (χ4v) is 3.99. The van der Waals surface area contributed by atoms with Crippen molar-refractivity contribution in [2.45, 2.75) is 38.3 Å². The lowest BCUT2D eigenvalue weighted by molar-refractivity contribution is 0.436. The van der Waals surface area contributed by atoms with Gasteiger partial charge in [0.1, 0.15) is 6.33 Å². The highest BCUT2D eigenvalue weighted by Crippen LogP contribution is 2.38. The zero-order valence-corrected chi connectivity index (χ0v) is 14.1. The third-order valence-corrected chi connectivity index (χ3v) is 5.48. The molecule has 0 spiro atoms. The van der Waals surface area contributed by atoms with Gasteiger partial charge in [-0.2, -0.15) is 10.1 Å². The lowest BCUT2D eigenvalue weighted by Crippen LogP contribution is -2.27. The van der Waals surface area contributed by atoms with Crippen molar-refractivity contribution in [3.8, 4) is 0 Å². The SMILES string of the molecule is CC(C)c1ccc([C@H]2C[C@@H](c3cccs3)n3ncnc3N2)cc1. The molecular formula is C18H20N4S. The molecule has 0 saturated carbocycles. The van der Waals surface area contributed by atoms with E-state index in [4.69, 9.17) is 0 Å². The largest absolute Gasteiger partial charge is 0.348 e. The molecule has 0 aliphatic carbocycles. The van der Waals surface area contributed by atoms with E-state index >= 15 is 0 Å². The van der Waals surface area contributed by atoms with Gasteiger partial charge < -0.3 is 5.32 Å². The van der Waals surface area contributed by atoms with Crippen LogP contribution in [0.3, 0.4) is 0 Å². The van der Waals surface area contributed by atoms with Crippen LogP contribution in [0.4, 0.5) is 5.95 Å². The molecule has 3 heterocycles. The number of hydrogen-bond acceptors (Lipinski definition) is 4. The summed E-state index contributed by atoms with van der Waals surface area (Å²) in [5.41, 5.74) is 2.69. The van der Waals surface area contributed by atoms with Gasteiger partial charge in [0.15, 0.2) is 0 Å². The molecule has 5 heteroatoms. The second kappa shape index (κ2) is 5.81. The van der Waals surface area contributed by atoms with Crippen molar-refractivity contribution in [1.29, 1.82) is 0 Å². The van der Waals surface area contributed by atoms with E-state index in [-0.39, 0.29) is 12.1 Å². The van der Waals surface area contributed by atoms with Gasteiger partial charge >= 0.3 is 0 Å². The lowest BCUT2D eigenvalue weighted by atomic mass is 9.94. The minimum Gasteiger partial charge on any atom is -0.348 e. The first-order valence-corrected chi connectivity index (χ1v) is 8.89. The van der Waals surface area contributed by atoms with E-state index in [0.29, 0.717) is 5.92 Å². The third-order valence-electron chi connectivity index (χ3n) is 4.51. The second-order valence-electron chi connectivity index (χ2n) is 6.31. The Morgan fingerprint density at radius 2 is 2.04 bits per heavy atom. The Morgan fingerprint density at radius 3 is 2.74 bits per heavy atom. The van der Waals surface area contributed by atoms with E-state index in [1.54, 1.807) is 17.7 Å². The topological polar surface area (TPSA) is 42.7 Å². The molecule has 1 aromatic carbocycles. The predicted molar refractivity (Wildman–Crippen MR) is 94.0 cm³/mol. The van der Waals surface area contributed by atoms with Crippen molar-refractivity contribution in [1.82, 2.24) is 14.8 Å². The van der Waals surface area contributed by atoms with Crippen molar-refractivity contribution in [3.63, 3.8) is 0 Å². The van der Waals surface area contributed by atoms with Crippen LogP contribution >= 0.6 is 11.3 Å². The van der Waals surface area contributed by atoms with E-state index in [2.05, 4.69) is 71.0 Å². The molecule has 3 aromatic rings. The Kier molecular flexibility index (Phi) is 3.65. The monoisotopic (exact) mass is 324 g/mol. The number of thiophene rings is 1. The number of rotatable bonds is 3. The van der Waals surface area contributed by atoms with Crippen LogP contribution in [0.1, 0.15) is 54.3 Å². The Balaban J connectivity index is 1.66. The smallest absolute Gasteiger partial charge is 0.222 e. The minimum absolute atomic E-state index is 0.253. The molecule has 2 aromatic heterocycles. The number of hydrogen-bond donors (Lipinski definition) is 1. The maximum atomic E-state index is 4.41. The highest BCUT2D eigenvalue weighted by molar-refractivity contribution is 7.10. The molecule has 0 unspecified atom stereocenters. The van der Waals surface area contributed by atoms with E-state index in [0.717, 1.165) is 12.4 Å². The second-order valence-corrected chi connectivity index (χ2v) is 7.29. The lowest BCUT2D eigenvalue weighted by Gasteiger charge is -2.31. The fourth-order valence-electron chi connectivity index (χ4n) is 3.17. The van der Waals surface area contributed by atoms with Gasteiger partial charge in [-0.05, 0) is 34.9 Å². The van der Waals surface area contributed by atoms with Crippen LogP contribution in [0.2, 0.25) is 0 Å². The number of aromatic nitrogens is 3. The van der Waals surface area contributed by atoms with Gasteiger partial charge in [-0.25, -0.2) is 4.68 Å². The summed E-state index contributed by atoms with van der Waals surface area (Å²) in [6.07, 6.45) is 2.62. The van der Waals surface area contributed by atoms with Gasteiger partial charge in [-0.1, -0.05) is 44.2 Å². The van der Waals surface area contributed by atoms with Crippen molar-refractivity contribution in [2.24, 2.45) is 0 Å². The first-order valence-electron chi connectivity index (χ1n) is 8.01. The maximum absolute atomic E-state index is 4.41. The normalized spacial score (nSPS) is 20.3. The average Bonchev–Trinajstić information content (AvgIpc) is 3.25. The minimum atomic E-state index is 0.253. The fraction of sp³-hybridized carbons (Fsp3) is 0.333. The highest BCUT2D eigenvalue weighted by Gasteiger charge is 2.30. The maximum Gasteiger partial charge on any atom is 0.222 e. The summed E-state index contributed by atoms with van der Waals surface area (Å²) in [5.74, 6) is 1.41. The zero-order valence-electron chi connectivity index (χ0n) is 13.3. The van der Waals surface area contributed by atoms with Crippen LogP contribution in [-0.2, 0) is 0 Å². The van der Waals surface area contributed by atoms with E-state index in [9.17, 15) is 0 Å². The van der Waals surface area contributed by atoms with Crippen LogP contribution in [0.25, 0.3) is 0 Å². The summed E-state index contributed by atoms with van der Waals surface area (Å²) in [4.78, 5) is 5.72. The molecular weight excluding hydrogens is 304 g/mol. The van der Waals surface area contributed by atoms with E-state index in [1.807, 2.05) is 4.68 Å². The molecule has 4 nitrogen and oxygen atoms in total. The predicted octanol–water partition coefficient (Wildman–Crippen LogP) is 4.61. The van der Waals surface area contributed by atoms with Gasteiger partial charge in [0.25, 0.3) is 0 Å². The third kappa shape index (κ3) is 2.65. The number of nitrogens with one attached hydrogen (secondary N) is 1.